The summed E-state index contributed by atoms with van der Waals surface area (Å²) in [5.41, 5.74) is 4.43. The van der Waals surface area contributed by atoms with Crippen molar-refractivity contribution in [1.82, 2.24) is 5.32 Å². The molecule has 2 aliphatic rings. The zero-order valence-corrected chi connectivity index (χ0v) is 13.7. The Kier molecular flexibility index (Phi) is 3.92. The molecule has 1 amide bonds. The molecule has 0 fully saturated rings. The minimum absolute atomic E-state index is 0.0242. The molecule has 128 valence electrons. The van der Waals surface area contributed by atoms with Gasteiger partial charge in [0.1, 0.15) is 5.75 Å². The van der Waals surface area contributed by atoms with Crippen LogP contribution < -0.4 is 10.1 Å². The molecule has 5 heteroatoms. The second kappa shape index (κ2) is 6.24. The topological polar surface area (TPSA) is 75.6 Å². The summed E-state index contributed by atoms with van der Waals surface area (Å²) < 4.78 is 5.60. The van der Waals surface area contributed by atoms with Gasteiger partial charge in [-0.05, 0) is 54.2 Å². The van der Waals surface area contributed by atoms with Crippen LogP contribution in [-0.2, 0) is 11.2 Å². The summed E-state index contributed by atoms with van der Waals surface area (Å²) in [5, 5.41) is 12.4. The van der Waals surface area contributed by atoms with Gasteiger partial charge in [-0.1, -0.05) is 18.2 Å². The van der Waals surface area contributed by atoms with Crippen molar-refractivity contribution < 1.29 is 19.4 Å². The molecule has 0 aliphatic carbocycles. The van der Waals surface area contributed by atoms with E-state index in [1.807, 2.05) is 36.4 Å². The molecule has 2 N–H and O–H groups in total. The van der Waals surface area contributed by atoms with Gasteiger partial charge in [0.25, 0.3) is 5.91 Å². The van der Waals surface area contributed by atoms with Crippen molar-refractivity contribution in [3.05, 3.63) is 53.1 Å². The number of rotatable bonds is 2. The van der Waals surface area contributed by atoms with E-state index in [0.717, 1.165) is 40.7 Å². The van der Waals surface area contributed by atoms with Crippen LogP contribution >= 0.6 is 0 Å². The number of ether oxygens (including phenoxy) is 1. The zero-order chi connectivity index (χ0) is 17.4. The molecule has 25 heavy (non-hydrogen) atoms. The number of carbonyl (C=O) groups excluding carboxylic acids is 1. The van der Waals surface area contributed by atoms with Crippen LogP contribution in [0.5, 0.6) is 5.75 Å². The van der Waals surface area contributed by atoms with E-state index in [1.54, 1.807) is 0 Å². The lowest BCUT2D eigenvalue weighted by atomic mass is 9.89. The standard InChI is InChI=1S/C20H19NO4/c22-19-15-5-3-12(10-14(15)2-1-8-21-19)13-4-6-18-17(11-13)16(20(23)24)7-9-25-18/h3-6,10-11,16H,1-2,7-9H2,(H,21,22)(H,23,24). The van der Waals surface area contributed by atoms with Gasteiger partial charge in [-0.15, -0.1) is 0 Å². The summed E-state index contributed by atoms with van der Waals surface area (Å²) in [7, 11) is 0. The highest BCUT2D eigenvalue weighted by Gasteiger charge is 2.28. The van der Waals surface area contributed by atoms with Crippen LogP contribution in [0.4, 0.5) is 0 Å². The maximum Gasteiger partial charge on any atom is 0.311 e. The number of hydrogen-bond donors (Lipinski definition) is 2. The molecule has 0 aromatic heterocycles. The quantitative estimate of drug-likeness (QED) is 0.883. The van der Waals surface area contributed by atoms with Crippen LogP contribution in [-0.4, -0.2) is 30.1 Å². The van der Waals surface area contributed by atoms with Crippen molar-refractivity contribution in [1.29, 1.82) is 0 Å². The van der Waals surface area contributed by atoms with Gasteiger partial charge in [0.15, 0.2) is 0 Å². The molecule has 2 aromatic rings. The van der Waals surface area contributed by atoms with Gasteiger partial charge in [-0.2, -0.15) is 0 Å². The molecule has 1 atom stereocenters. The van der Waals surface area contributed by atoms with E-state index in [-0.39, 0.29) is 5.91 Å². The number of hydrogen-bond acceptors (Lipinski definition) is 3. The Balaban J connectivity index is 1.76. The molecule has 0 saturated carbocycles. The predicted molar refractivity (Wildman–Crippen MR) is 93.0 cm³/mol. The first-order valence-electron chi connectivity index (χ1n) is 8.54. The molecule has 5 nitrogen and oxygen atoms in total. The smallest absolute Gasteiger partial charge is 0.311 e. The van der Waals surface area contributed by atoms with Gasteiger partial charge >= 0.3 is 5.97 Å². The van der Waals surface area contributed by atoms with E-state index < -0.39 is 11.9 Å². The molecule has 1 unspecified atom stereocenters. The highest BCUT2D eigenvalue weighted by Crippen LogP contribution is 2.37. The summed E-state index contributed by atoms with van der Waals surface area (Å²) in [6, 6.07) is 11.5. The number of amides is 1. The Hall–Kier alpha value is -2.82. The number of benzene rings is 2. The number of carboxylic acids is 1. The van der Waals surface area contributed by atoms with Crippen LogP contribution in [0.15, 0.2) is 36.4 Å². The summed E-state index contributed by atoms with van der Waals surface area (Å²) in [5.74, 6) is -0.726. The van der Waals surface area contributed by atoms with Crippen LogP contribution in [0.3, 0.4) is 0 Å². The Labute approximate surface area is 145 Å². The van der Waals surface area contributed by atoms with Crippen LogP contribution in [0.1, 0.15) is 40.2 Å². The first kappa shape index (κ1) is 15.7. The van der Waals surface area contributed by atoms with Crippen molar-refractivity contribution in [2.24, 2.45) is 0 Å². The van der Waals surface area contributed by atoms with Crippen molar-refractivity contribution in [2.75, 3.05) is 13.2 Å². The fourth-order valence-electron chi connectivity index (χ4n) is 3.61. The minimum atomic E-state index is -0.819. The van der Waals surface area contributed by atoms with Crippen molar-refractivity contribution in [3.63, 3.8) is 0 Å². The molecule has 4 rings (SSSR count). The highest BCUT2D eigenvalue weighted by atomic mass is 16.5. The minimum Gasteiger partial charge on any atom is -0.493 e. The Morgan fingerprint density at radius 3 is 2.80 bits per heavy atom. The number of nitrogens with one attached hydrogen (secondary N) is 1. The molecule has 2 aliphatic heterocycles. The van der Waals surface area contributed by atoms with E-state index in [4.69, 9.17) is 4.74 Å². The molecule has 0 spiro atoms. The van der Waals surface area contributed by atoms with E-state index in [2.05, 4.69) is 5.32 Å². The number of aliphatic carboxylic acids is 1. The largest absolute Gasteiger partial charge is 0.493 e. The van der Waals surface area contributed by atoms with E-state index in [0.29, 0.717) is 25.3 Å². The second-order valence-corrected chi connectivity index (χ2v) is 6.51. The Morgan fingerprint density at radius 1 is 1.16 bits per heavy atom. The van der Waals surface area contributed by atoms with Gasteiger partial charge in [0.2, 0.25) is 0 Å². The highest BCUT2D eigenvalue weighted by molar-refractivity contribution is 5.96. The van der Waals surface area contributed by atoms with Crippen molar-refractivity contribution >= 4 is 11.9 Å². The third-order valence-electron chi connectivity index (χ3n) is 4.94. The Morgan fingerprint density at radius 2 is 1.96 bits per heavy atom. The first-order chi connectivity index (χ1) is 12.1. The lowest BCUT2D eigenvalue weighted by Gasteiger charge is -2.23. The molecule has 0 saturated heterocycles. The van der Waals surface area contributed by atoms with E-state index in [9.17, 15) is 14.7 Å². The zero-order valence-electron chi connectivity index (χ0n) is 13.7. The van der Waals surface area contributed by atoms with Crippen molar-refractivity contribution in [2.45, 2.75) is 25.2 Å². The summed E-state index contributed by atoms with van der Waals surface area (Å²) >= 11 is 0. The summed E-state index contributed by atoms with van der Waals surface area (Å²) in [4.78, 5) is 23.6. The number of aryl methyl sites for hydroxylation is 1. The number of carboxylic acid groups (broad SMARTS) is 1. The van der Waals surface area contributed by atoms with Crippen molar-refractivity contribution in [3.8, 4) is 16.9 Å². The first-order valence-corrected chi connectivity index (χ1v) is 8.54. The van der Waals surface area contributed by atoms with Crippen LogP contribution in [0.2, 0.25) is 0 Å². The second-order valence-electron chi connectivity index (χ2n) is 6.51. The summed E-state index contributed by atoms with van der Waals surface area (Å²) in [6.07, 6.45) is 2.26. The van der Waals surface area contributed by atoms with Gasteiger partial charge in [-0.25, -0.2) is 0 Å². The average Bonchev–Trinajstić information content (AvgIpc) is 2.81. The molecule has 0 bridgehead atoms. The lowest BCUT2D eigenvalue weighted by Crippen LogP contribution is -2.22. The summed E-state index contributed by atoms with van der Waals surface area (Å²) in [6.45, 7) is 1.12. The fourth-order valence-corrected chi connectivity index (χ4v) is 3.61. The van der Waals surface area contributed by atoms with Gasteiger partial charge in [0.05, 0.1) is 12.5 Å². The lowest BCUT2D eigenvalue weighted by molar-refractivity contribution is -0.139. The molecular weight excluding hydrogens is 318 g/mol. The predicted octanol–water partition coefficient (Wildman–Crippen LogP) is 2.98. The third kappa shape index (κ3) is 2.86. The van der Waals surface area contributed by atoms with Gasteiger partial charge in [-0.3, -0.25) is 9.59 Å². The van der Waals surface area contributed by atoms with E-state index in [1.165, 1.54) is 0 Å². The SMILES string of the molecule is O=C1NCCCc2cc(-c3ccc4c(c3)C(C(=O)O)CCO4)ccc21. The maximum absolute atomic E-state index is 12.1. The monoisotopic (exact) mass is 337 g/mol. The Bertz CT molecular complexity index is 859. The number of fused-ring (bicyclic) bond motifs is 2. The third-order valence-corrected chi connectivity index (χ3v) is 4.94. The maximum atomic E-state index is 12.1. The normalized spacial score (nSPS) is 19.0. The molecular formula is C20H19NO4. The van der Waals surface area contributed by atoms with Crippen LogP contribution in [0, 0.1) is 0 Å². The molecule has 0 radical (unpaired) electrons. The fraction of sp³-hybridized carbons (Fsp3) is 0.300. The van der Waals surface area contributed by atoms with Crippen LogP contribution in [0.25, 0.3) is 11.1 Å². The average molecular weight is 337 g/mol. The van der Waals surface area contributed by atoms with E-state index >= 15 is 0 Å². The van der Waals surface area contributed by atoms with Gasteiger partial charge < -0.3 is 15.2 Å². The van der Waals surface area contributed by atoms with Gasteiger partial charge in [0, 0.05) is 17.7 Å². The number of carbonyl (C=O) groups is 2. The molecule has 2 heterocycles. The molecule has 2 aromatic carbocycles.